The average Bonchev–Trinajstić information content (AvgIpc) is 3.16. The zero-order valence-corrected chi connectivity index (χ0v) is 13.3. The monoisotopic (exact) mass is 331 g/mol. The van der Waals surface area contributed by atoms with E-state index in [0.29, 0.717) is 18.0 Å². The zero-order valence-electron chi connectivity index (χ0n) is 12.6. The molecule has 23 heavy (non-hydrogen) atoms. The number of halogens is 1. The van der Waals surface area contributed by atoms with Gasteiger partial charge in [-0.3, -0.25) is 4.79 Å². The summed E-state index contributed by atoms with van der Waals surface area (Å²) in [5.41, 5.74) is 0.371. The number of carboxylic acid groups (broad SMARTS) is 1. The number of carbonyl (C=O) groups is 1. The van der Waals surface area contributed by atoms with Crippen LogP contribution in [0.5, 0.6) is 0 Å². The molecule has 5 atom stereocenters. The highest BCUT2D eigenvalue weighted by Crippen LogP contribution is 2.56. The number of nitrogens with zero attached hydrogens (tertiary/aromatic N) is 1. The maximum Gasteiger partial charge on any atom is 0.309 e. The summed E-state index contributed by atoms with van der Waals surface area (Å²) in [6.45, 7) is 4.49. The Morgan fingerprint density at radius 1 is 1.52 bits per heavy atom. The largest absolute Gasteiger partial charge is 0.481 e. The van der Waals surface area contributed by atoms with Crippen LogP contribution in [0.4, 0.5) is 5.69 Å². The quantitative estimate of drug-likeness (QED) is 0.861. The van der Waals surface area contributed by atoms with Crippen molar-refractivity contribution in [2.75, 3.05) is 11.4 Å². The predicted molar refractivity (Wildman–Crippen MR) is 88.8 cm³/mol. The predicted octanol–water partition coefficient (Wildman–Crippen LogP) is 3.13. The molecule has 1 spiro atoms. The van der Waals surface area contributed by atoms with Crippen LogP contribution in [0, 0.1) is 11.8 Å². The Bertz CT molecular complexity index is 703. The van der Waals surface area contributed by atoms with Gasteiger partial charge in [-0.15, -0.1) is 6.58 Å². The Kier molecular flexibility index (Phi) is 3.29. The van der Waals surface area contributed by atoms with Gasteiger partial charge in [-0.2, -0.15) is 0 Å². The first kappa shape index (κ1) is 14.8. The fourth-order valence-corrected chi connectivity index (χ4v) is 4.73. The van der Waals surface area contributed by atoms with E-state index < -0.39 is 17.5 Å². The van der Waals surface area contributed by atoms with Crippen LogP contribution >= 0.6 is 11.6 Å². The summed E-state index contributed by atoms with van der Waals surface area (Å²) < 4.78 is 6.19. The van der Waals surface area contributed by atoms with Gasteiger partial charge in [0, 0.05) is 12.5 Å². The average molecular weight is 332 g/mol. The second kappa shape index (κ2) is 5.11. The van der Waals surface area contributed by atoms with E-state index in [4.69, 9.17) is 16.3 Å². The van der Waals surface area contributed by atoms with Crippen molar-refractivity contribution in [2.45, 2.75) is 24.2 Å². The lowest BCUT2D eigenvalue weighted by atomic mass is 9.74. The minimum atomic E-state index is -0.787. The van der Waals surface area contributed by atoms with E-state index in [-0.39, 0.29) is 18.1 Å². The Morgan fingerprint density at radius 3 is 3.00 bits per heavy atom. The molecular weight excluding hydrogens is 314 g/mol. The third kappa shape index (κ3) is 1.91. The number of fused-ring (bicyclic) bond motifs is 1. The number of aliphatic carboxylic acids is 1. The van der Waals surface area contributed by atoms with Gasteiger partial charge in [-0.25, -0.2) is 0 Å². The number of rotatable bonds is 4. The van der Waals surface area contributed by atoms with Crippen molar-refractivity contribution in [1.29, 1.82) is 0 Å². The maximum atomic E-state index is 11.7. The Labute approximate surface area is 140 Å². The normalized spacial score (nSPS) is 37.2. The lowest BCUT2D eigenvalue weighted by Crippen LogP contribution is -2.45. The second-order valence-corrected chi connectivity index (χ2v) is 6.82. The third-order valence-electron chi connectivity index (χ3n) is 5.38. The van der Waals surface area contributed by atoms with Crippen molar-refractivity contribution in [3.8, 4) is 0 Å². The molecule has 1 aromatic rings. The molecule has 1 aromatic carbocycles. The maximum absolute atomic E-state index is 11.7. The Hall–Kier alpha value is -1.78. The highest BCUT2D eigenvalue weighted by molar-refractivity contribution is 6.33. The van der Waals surface area contributed by atoms with Crippen LogP contribution in [0.25, 0.3) is 0 Å². The fourth-order valence-electron chi connectivity index (χ4n) is 4.48. The molecule has 4 nitrogen and oxygen atoms in total. The second-order valence-electron chi connectivity index (χ2n) is 6.41. The van der Waals surface area contributed by atoms with Gasteiger partial charge in [0.25, 0.3) is 0 Å². The van der Waals surface area contributed by atoms with Crippen molar-refractivity contribution in [3.05, 3.63) is 54.1 Å². The van der Waals surface area contributed by atoms with Crippen molar-refractivity contribution in [1.82, 2.24) is 0 Å². The number of carboxylic acids is 1. The van der Waals surface area contributed by atoms with Crippen LogP contribution in [0.2, 0.25) is 5.02 Å². The van der Waals surface area contributed by atoms with E-state index in [9.17, 15) is 9.90 Å². The molecule has 0 amide bonds. The van der Waals surface area contributed by atoms with Crippen LogP contribution in [0.3, 0.4) is 0 Å². The number of hydrogen-bond acceptors (Lipinski definition) is 3. The van der Waals surface area contributed by atoms with Crippen LogP contribution in [-0.2, 0) is 9.53 Å². The summed E-state index contributed by atoms with van der Waals surface area (Å²) in [4.78, 5) is 13.9. The van der Waals surface area contributed by atoms with Crippen LogP contribution < -0.4 is 4.90 Å². The lowest BCUT2D eigenvalue weighted by Gasteiger charge is -2.34. The van der Waals surface area contributed by atoms with Crippen molar-refractivity contribution < 1.29 is 14.6 Å². The molecule has 5 heteroatoms. The standard InChI is InChI=1S/C18H18ClNO3/c1-2-5-15-18-9-8-14(23-18)16(17(21)22)11(18)10-20(15)13-7-4-3-6-12(13)19/h2-4,6-9,11,14-16H,1,5,10H2,(H,21,22)/t11-,14-,15+,16-,18+/m0/s1. The van der Waals surface area contributed by atoms with E-state index >= 15 is 0 Å². The summed E-state index contributed by atoms with van der Waals surface area (Å²) in [6.07, 6.45) is 6.22. The minimum Gasteiger partial charge on any atom is -0.481 e. The fraction of sp³-hybridized carbons (Fsp3) is 0.389. The number of para-hydroxylation sites is 1. The first-order valence-corrected chi connectivity index (χ1v) is 8.18. The van der Waals surface area contributed by atoms with Crippen molar-refractivity contribution in [2.24, 2.45) is 11.8 Å². The van der Waals surface area contributed by atoms with Gasteiger partial charge in [-0.1, -0.05) is 42.0 Å². The van der Waals surface area contributed by atoms with Crippen molar-refractivity contribution in [3.63, 3.8) is 0 Å². The molecule has 0 unspecified atom stereocenters. The Balaban J connectivity index is 1.79. The van der Waals surface area contributed by atoms with Gasteiger partial charge >= 0.3 is 5.97 Å². The number of anilines is 1. The SMILES string of the molecule is C=CC[C@H]1N(c2ccccc2Cl)C[C@H]2[C@H](C(=O)O)[C@@H]3C=C[C@@]21O3. The summed E-state index contributed by atoms with van der Waals surface area (Å²) in [6, 6.07) is 7.68. The Morgan fingerprint density at radius 2 is 2.30 bits per heavy atom. The van der Waals surface area contributed by atoms with Crippen LogP contribution in [0.1, 0.15) is 6.42 Å². The van der Waals surface area contributed by atoms with E-state index in [1.807, 2.05) is 36.4 Å². The third-order valence-corrected chi connectivity index (χ3v) is 5.70. The van der Waals surface area contributed by atoms with E-state index in [0.717, 1.165) is 5.69 Å². The summed E-state index contributed by atoms with van der Waals surface area (Å²) in [5.74, 6) is -1.36. The molecule has 2 bridgehead atoms. The van der Waals surface area contributed by atoms with Gasteiger partial charge in [0.15, 0.2) is 0 Å². The smallest absolute Gasteiger partial charge is 0.309 e. The molecule has 3 heterocycles. The molecule has 1 N–H and O–H groups in total. The van der Waals surface area contributed by atoms with Gasteiger partial charge in [0.05, 0.1) is 28.8 Å². The van der Waals surface area contributed by atoms with Gasteiger partial charge < -0.3 is 14.7 Å². The lowest BCUT2D eigenvalue weighted by molar-refractivity contribution is -0.143. The number of hydrogen-bond donors (Lipinski definition) is 1. The molecule has 0 radical (unpaired) electrons. The van der Waals surface area contributed by atoms with Crippen LogP contribution in [0.15, 0.2) is 49.1 Å². The molecule has 0 aromatic heterocycles. The topological polar surface area (TPSA) is 49.8 Å². The van der Waals surface area contributed by atoms with E-state index in [2.05, 4.69) is 17.6 Å². The highest BCUT2D eigenvalue weighted by atomic mass is 35.5. The van der Waals surface area contributed by atoms with Gasteiger partial charge in [-0.05, 0) is 18.6 Å². The molecule has 0 saturated carbocycles. The molecule has 120 valence electrons. The van der Waals surface area contributed by atoms with E-state index in [1.165, 1.54) is 0 Å². The molecule has 2 saturated heterocycles. The molecule has 4 rings (SSSR count). The molecule has 3 aliphatic heterocycles. The minimum absolute atomic E-state index is 0.00972. The van der Waals surface area contributed by atoms with Crippen molar-refractivity contribution >= 4 is 23.3 Å². The summed E-state index contributed by atoms with van der Waals surface area (Å²) >= 11 is 6.38. The highest BCUT2D eigenvalue weighted by Gasteiger charge is 2.67. The molecule has 0 aliphatic carbocycles. The van der Waals surface area contributed by atoms with Gasteiger partial charge in [0.1, 0.15) is 5.60 Å². The van der Waals surface area contributed by atoms with E-state index in [1.54, 1.807) is 0 Å². The first-order chi connectivity index (χ1) is 11.1. The molecule has 2 fully saturated rings. The molecule has 3 aliphatic rings. The number of ether oxygens (including phenoxy) is 1. The van der Waals surface area contributed by atoms with Crippen LogP contribution in [-0.4, -0.2) is 35.4 Å². The number of benzene rings is 1. The zero-order chi connectivity index (χ0) is 16.2. The van der Waals surface area contributed by atoms with Gasteiger partial charge in [0.2, 0.25) is 0 Å². The summed E-state index contributed by atoms with van der Waals surface area (Å²) in [5, 5.41) is 10.3. The first-order valence-electron chi connectivity index (χ1n) is 7.80. The summed E-state index contributed by atoms with van der Waals surface area (Å²) in [7, 11) is 0. The molecular formula is C18H18ClNO3.